The number of aliphatic hydroxyl groups is 1. The Morgan fingerprint density at radius 2 is 2.33 bits per heavy atom. The standard InChI is InChI=1S/C13H20FN3O.CH2O2/c14-12-4-1-5-15-13(12)16-6-8-17-7-2-3-11(9-17)10-18;2-1-3/h1,4-5,11,18H,2-3,6-10H2,(H,15,16);1H,(H,2,3). The van der Waals surface area contributed by atoms with Crippen molar-refractivity contribution < 1.29 is 19.4 Å². The predicted octanol–water partition coefficient (Wildman–Crippen LogP) is 1.04. The molecular weight excluding hydrogens is 277 g/mol. The quantitative estimate of drug-likeness (QED) is 0.704. The average molecular weight is 299 g/mol. The van der Waals surface area contributed by atoms with Crippen LogP contribution in [-0.4, -0.2) is 59.4 Å². The summed E-state index contributed by atoms with van der Waals surface area (Å²) in [5, 5.41) is 19.0. The van der Waals surface area contributed by atoms with Crippen LogP contribution in [0.2, 0.25) is 0 Å². The van der Waals surface area contributed by atoms with Crippen LogP contribution < -0.4 is 5.32 Å². The number of hydrogen-bond acceptors (Lipinski definition) is 5. The summed E-state index contributed by atoms with van der Waals surface area (Å²) >= 11 is 0. The van der Waals surface area contributed by atoms with E-state index in [0.717, 1.165) is 32.5 Å². The number of aromatic nitrogens is 1. The summed E-state index contributed by atoms with van der Waals surface area (Å²) in [6, 6.07) is 2.98. The molecule has 0 radical (unpaired) electrons. The van der Waals surface area contributed by atoms with Crippen LogP contribution in [0.1, 0.15) is 12.8 Å². The molecule has 1 aromatic rings. The summed E-state index contributed by atoms with van der Waals surface area (Å²) in [7, 11) is 0. The van der Waals surface area contributed by atoms with Gasteiger partial charge in [-0.25, -0.2) is 9.37 Å². The van der Waals surface area contributed by atoms with E-state index in [1.807, 2.05) is 0 Å². The van der Waals surface area contributed by atoms with Gasteiger partial charge in [0.2, 0.25) is 0 Å². The van der Waals surface area contributed by atoms with Gasteiger partial charge in [0.1, 0.15) is 0 Å². The van der Waals surface area contributed by atoms with Gasteiger partial charge < -0.3 is 20.4 Å². The van der Waals surface area contributed by atoms with Crippen LogP contribution >= 0.6 is 0 Å². The second-order valence-electron chi connectivity index (χ2n) is 4.86. The van der Waals surface area contributed by atoms with Crippen molar-refractivity contribution in [2.45, 2.75) is 12.8 Å². The fraction of sp³-hybridized carbons (Fsp3) is 0.571. The maximum absolute atomic E-state index is 13.3. The van der Waals surface area contributed by atoms with Gasteiger partial charge >= 0.3 is 0 Å². The highest BCUT2D eigenvalue weighted by atomic mass is 19.1. The van der Waals surface area contributed by atoms with Crippen LogP contribution in [0.3, 0.4) is 0 Å². The topological polar surface area (TPSA) is 85.7 Å². The van der Waals surface area contributed by atoms with Gasteiger partial charge in [-0.1, -0.05) is 0 Å². The maximum atomic E-state index is 13.3. The van der Waals surface area contributed by atoms with Crippen molar-refractivity contribution in [3.05, 3.63) is 24.1 Å². The molecule has 6 nitrogen and oxygen atoms in total. The molecule has 3 N–H and O–H groups in total. The van der Waals surface area contributed by atoms with Crippen LogP contribution in [-0.2, 0) is 4.79 Å². The normalized spacial score (nSPS) is 18.5. The van der Waals surface area contributed by atoms with Gasteiger partial charge in [0.15, 0.2) is 11.6 Å². The van der Waals surface area contributed by atoms with Crippen molar-refractivity contribution in [2.24, 2.45) is 5.92 Å². The molecule has 2 rings (SSSR count). The molecule has 1 atom stereocenters. The average Bonchev–Trinajstić information content (AvgIpc) is 2.50. The first-order valence-electron chi connectivity index (χ1n) is 6.96. The van der Waals surface area contributed by atoms with E-state index in [1.165, 1.54) is 6.07 Å². The van der Waals surface area contributed by atoms with Crippen molar-refractivity contribution in [3.8, 4) is 0 Å². The molecule has 0 saturated carbocycles. The van der Waals surface area contributed by atoms with Crippen LogP contribution in [0.15, 0.2) is 18.3 Å². The van der Waals surface area contributed by atoms with Crippen molar-refractivity contribution in [2.75, 3.05) is 38.1 Å². The molecule has 0 spiro atoms. The SMILES string of the molecule is O=CO.OCC1CCCN(CCNc2ncccc2F)C1. The molecule has 1 fully saturated rings. The zero-order valence-electron chi connectivity index (χ0n) is 11.9. The molecule has 1 aromatic heterocycles. The first kappa shape index (κ1) is 17.3. The number of rotatable bonds is 5. The molecule has 0 aliphatic carbocycles. The lowest BCUT2D eigenvalue weighted by Gasteiger charge is -2.31. The number of aliphatic hydroxyl groups excluding tert-OH is 1. The van der Waals surface area contributed by atoms with Crippen LogP contribution in [0.5, 0.6) is 0 Å². The zero-order valence-corrected chi connectivity index (χ0v) is 11.9. The molecule has 1 aliphatic rings. The fourth-order valence-corrected chi connectivity index (χ4v) is 2.35. The Labute approximate surface area is 123 Å². The summed E-state index contributed by atoms with van der Waals surface area (Å²) in [6.45, 7) is 3.53. The van der Waals surface area contributed by atoms with Gasteiger partial charge in [-0.05, 0) is 37.4 Å². The van der Waals surface area contributed by atoms with E-state index in [-0.39, 0.29) is 18.9 Å². The van der Waals surface area contributed by atoms with Crippen molar-refractivity contribution in [1.82, 2.24) is 9.88 Å². The van der Waals surface area contributed by atoms with E-state index >= 15 is 0 Å². The largest absolute Gasteiger partial charge is 0.483 e. The van der Waals surface area contributed by atoms with Crippen LogP contribution in [0.4, 0.5) is 10.2 Å². The molecule has 2 heterocycles. The minimum Gasteiger partial charge on any atom is -0.483 e. The van der Waals surface area contributed by atoms with Crippen molar-refractivity contribution in [3.63, 3.8) is 0 Å². The van der Waals surface area contributed by atoms with Crippen LogP contribution in [0, 0.1) is 11.7 Å². The second-order valence-corrected chi connectivity index (χ2v) is 4.86. The minimum atomic E-state index is -0.315. The predicted molar refractivity (Wildman–Crippen MR) is 77.6 cm³/mol. The number of carbonyl (C=O) groups is 1. The highest BCUT2D eigenvalue weighted by molar-refractivity contribution is 5.35. The summed E-state index contributed by atoms with van der Waals surface area (Å²) in [5.41, 5.74) is 0. The lowest BCUT2D eigenvalue weighted by molar-refractivity contribution is -0.122. The summed E-state index contributed by atoms with van der Waals surface area (Å²) in [6.07, 6.45) is 3.81. The lowest BCUT2D eigenvalue weighted by atomic mass is 9.99. The molecule has 7 heteroatoms. The van der Waals surface area contributed by atoms with Crippen molar-refractivity contribution in [1.29, 1.82) is 0 Å². The molecule has 1 saturated heterocycles. The van der Waals surface area contributed by atoms with E-state index in [0.29, 0.717) is 18.3 Å². The molecule has 1 aliphatic heterocycles. The zero-order chi connectivity index (χ0) is 15.5. The monoisotopic (exact) mass is 299 g/mol. The number of nitrogens with one attached hydrogen (secondary N) is 1. The third-order valence-electron chi connectivity index (χ3n) is 3.34. The number of likely N-dealkylation sites (tertiary alicyclic amines) is 1. The maximum Gasteiger partial charge on any atom is 0.290 e. The number of carboxylic acid groups (broad SMARTS) is 1. The second kappa shape index (κ2) is 10.1. The number of piperidine rings is 1. The number of anilines is 1. The smallest absolute Gasteiger partial charge is 0.290 e. The highest BCUT2D eigenvalue weighted by Crippen LogP contribution is 2.15. The molecule has 21 heavy (non-hydrogen) atoms. The van der Waals surface area contributed by atoms with E-state index in [4.69, 9.17) is 15.0 Å². The Kier molecular flexibility index (Phi) is 8.30. The molecule has 0 bridgehead atoms. The van der Waals surface area contributed by atoms with E-state index in [1.54, 1.807) is 12.3 Å². The Morgan fingerprint density at radius 3 is 3.00 bits per heavy atom. The Balaban J connectivity index is 0.000000677. The van der Waals surface area contributed by atoms with Crippen molar-refractivity contribution >= 4 is 12.3 Å². The Morgan fingerprint density at radius 1 is 1.57 bits per heavy atom. The molecule has 118 valence electrons. The minimum absolute atomic E-state index is 0.250. The van der Waals surface area contributed by atoms with Gasteiger partial charge in [-0.15, -0.1) is 0 Å². The van der Waals surface area contributed by atoms with E-state index < -0.39 is 0 Å². The van der Waals surface area contributed by atoms with E-state index in [2.05, 4.69) is 15.2 Å². The Hall–Kier alpha value is -1.73. The first-order chi connectivity index (χ1) is 10.2. The first-order valence-corrected chi connectivity index (χ1v) is 6.96. The van der Waals surface area contributed by atoms with Gasteiger partial charge in [0, 0.05) is 32.4 Å². The molecular formula is C14H22FN3O3. The van der Waals surface area contributed by atoms with Gasteiger partial charge in [-0.3, -0.25) is 4.79 Å². The summed E-state index contributed by atoms with van der Waals surface area (Å²) in [4.78, 5) is 14.6. The fourth-order valence-electron chi connectivity index (χ4n) is 2.35. The summed E-state index contributed by atoms with van der Waals surface area (Å²) < 4.78 is 13.3. The lowest BCUT2D eigenvalue weighted by Crippen LogP contribution is -2.39. The third kappa shape index (κ3) is 6.50. The third-order valence-corrected chi connectivity index (χ3v) is 3.34. The Bertz CT molecular complexity index is 420. The number of hydrogen-bond donors (Lipinski definition) is 3. The molecule has 0 amide bonds. The highest BCUT2D eigenvalue weighted by Gasteiger charge is 2.18. The van der Waals surface area contributed by atoms with Gasteiger partial charge in [0.05, 0.1) is 0 Å². The van der Waals surface area contributed by atoms with Crippen LogP contribution in [0.25, 0.3) is 0 Å². The van der Waals surface area contributed by atoms with E-state index in [9.17, 15) is 4.39 Å². The number of nitrogens with zero attached hydrogens (tertiary/aromatic N) is 2. The molecule has 0 aromatic carbocycles. The molecule has 1 unspecified atom stereocenters. The van der Waals surface area contributed by atoms with Gasteiger partial charge in [-0.2, -0.15) is 0 Å². The number of halogens is 1. The number of pyridine rings is 1. The summed E-state index contributed by atoms with van der Waals surface area (Å²) in [5.74, 6) is 0.392. The van der Waals surface area contributed by atoms with Gasteiger partial charge in [0.25, 0.3) is 6.47 Å².